The lowest BCUT2D eigenvalue weighted by molar-refractivity contribution is 0.0593. The monoisotopic (exact) mass is 255 g/mol. The maximum absolute atomic E-state index is 11.2. The van der Waals surface area contributed by atoms with Crippen LogP contribution in [-0.2, 0) is 11.2 Å². The molecule has 0 bridgehead atoms. The van der Waals surface area contributed by atoms with Gasteiger partial charge in [0.05, 0.1) is 19.4 Å². The molecule has 0 atom stereocenters. The second-order valence-corrected chi connectivity index (χ2v) is 4.15. The maximum Gasteiger partial charge on any atom is 0.283 e. The van der Waals surface area contributed by atoms with Crippen LogP contribution in [0.5, 0.6) is 0 Å². The van der Waals surface area contributed by atoms with Gasteiger partial charge in [-0.15, -0.1) is 0 Å². The number of rotatable bonds is 3. The van der Waals surface area contributed by atoms with Gasteiger partial charge < -0.3 is 9.64 Å². The molecule has 1 aliphatic heterocycles. The first-order chi connectivity index (χ1) is 8.27. The van der Waals surface area contributed by atoms with Crippen LogP contribution in [0.3, 0.4) is 0 Å². The Hall–Kier alpha value is -1.33. The van der Waals surface area contributed by atoms with E-state index < -0.39 is 0 Å². The molecule has 1 aromatic rings. The number of halogens is 1. The molecule has 1 N–H and O–H groups in total. The predicted octanol–water partition coefficient (Wildman–Crippen LogP) is 0.812. The average Bonchev–Trinajstić information content (AvgIpc) is 2.36. The second kappa shape index (κ2) is 5.84. The highest BCUT2D eigenvalue weighted by Crippen LogP contribution is 2.09. The molecule has 92 valence electrons. The first-order valence-corrected chi connectivity index (χ1v) is 5.85. The molecule has 6 heteroatoms. The number of nitrogens with one attached hydrogen (secondary N) is 1. The third kappa shape index (κ3) is 3.31. The van der Waals surface area contributed by atoms with Crippen molar-refractivity contribution < 1.29 is 4.74 Å². The van der Waals surface area contributed by atoms with Crippen LogP contribution in [0.25, 0.3) is 0 Å². The van der Waals surface area contributed by atoms with Gasteiger partial charge in [0.1, 0.15) is 5.02 Å². The van der Waals surface area contributed by atoms with E-state index in [4.69, 9.17) is 16.3 Å². The van der Waals surface area contributed by atoms with Crippen molar-refractivity contribution in [3.63, 3.8) is 0 Å². The van der Waals surface area contributed by atoms with Crippen LogP contribution in [-0.4, -0.2) is 41.4 Å². The minimum absolute atomic E-state index is 0.214. The van der Waals surface area contributed by atoms with E-state index in [0.717, 1.165) is 31.9 Å². The van der Waals surface area contributed by atoms with Crippen LogP contribution >= 0.6 is 11.6 Å². The molecule has 1 aliphatic rings. The van der Waals surface area contributed by atoms with Crippen molar-refractivity contribution in [3.05, 3.63) is 39.4 Å². The molecule has 0 spiro atoms. The minimum Gasteiger partial charge on any atom is -0.378 e. The summed E-state index contributed by atoms with van der Waals surface area (Å²) in [5.41, 5.74) is 0.392. The number of H-pyrrole nitrogens is 1. The van der Waals surface area contributed by atoms with Gasteiger partial charge in [0.25, 0.3) is 5.56 Å². The Morgan fingerprint density at radius 2 is 2.29 bits per heavy atom. The molecule has 1 aromatic heterocycles. The Morgan fingerprint density at radius 3 is 3.06 bits per heavy atom. The van der Waals surface area contributed by atoms with Crippen LogP contribution in [0.1, 0.15) is 5.56 Å². The third-order valence-corrected chi connectivity index (χ3v) is 2.98. The van der Waals surface area contributed by atoms with Gasteiger partial charge in [0.2, 0.25) is 0 Å². The molecule has 2 heterocycles. The molecule has 0 aliphatic carbocycles. The highest BCUT2D eigenvalue weighted by atomic mass is 35.5. The van der Waals surface area contributed by atoms with Crippen molar-refractivity contribution in [3.8, 4) is 0 Å². The largest absolute Gasteiger partial charge is 0.378 e. The lowest BCUT2D eigenvalue weighted by Gasteiger charge is -2.24. The van der Waals surface area contributed by atoms with Gasteiger partial charge in [-0.25, -0.2) is 5.10 Å². The van der Waals surface area contributed by atoms with E-state index in [2.05, 4.69) is 15.1 Å². The fourth-order valence-electron chi connectivity index (χ4n) is 1.62. The van der Waals surface area contributed by atoms with Crippen molar-refractivity contribution in [2.75, 3.05) is 26.3 Å². The molecule has 0 radical (unpaired) electrons. The number of hydrogen-bond donors (Lipinski definition) is 1. The van der Waals surface area contributed by atoms with Gasteiger partial charge >= 0.3 is 0 Å². The Balaban J connectivity index is 1.94. The predicted molar refractivity (Wildman–Crippen MR) is 65.1 cm³/mol. The van der Waals surface area contributed by atoms with E-state index in [-0.39, 0.29) is 10.6 Å². The van der Waals surface area contributed by atoms with Crippen LogP contribution in [0.4, 0.5) is 0 Å². The lowest BCUT2D eigenvalue weighted by Crippen LogP contribution is -2.32. The van der Waals surface area contributed by atoms with Crippen LogP contribution in [0.15, 0.2) is 23.3 Å². The van der Waals surface area contributed by atoms with Gasteiger partial charge in [-0.2, -0.15) is 5.10 Å². The molecule has 0 aromatic carbocycles. The zero-order valence-corrected chi connectivity index (χ0v) is 10.1. The topological polar surface area (TPSA) is 58.2 Å². The van der Waals surface area contributed by atoms with Crippen LogP contribution in [0, 0.1) is 0 Å². The fraction of sp³-hybridized carbons (Fsp3) is 0.455. The van der Waals surface area contributed by atoms with Crippen molar-refractivity contribution in [1.82, 2.24) is 15.1 Å². The van der Waals surface area contributed by atoms with Gasteiger partial charge in [-0.3, -0.25) is 4.79 Å². The molecular weight excluding hydrogens is 242 g/mol. The van der Waals surface area contributed by atoms with E-state index in [1.165, 1.54) is 0 Å². The summed E-state index contributed by atoms with van der Waals surface area (Å²) >= 11 is 5.86. The molecule has 5 nitrogen and oxygen atoms in total. The normalized spacial score (nSPS) is 16.6. The first-order valence-electron chi connectivity index (χ1n) is 5.48. The van der Waals surface area contributed by atoms with Gasteiger partial charge in [-0.1, -0.05) is 17.7 Å². The molecule has 2 rings (SSSR count). The second-order valence-electron chi connectivity index (χ2n) is 3.78. The number of ether oxygens (including phenoxy) is 1. The van der Waals surface area contributed by atoms with Crippen molar-refractivity contribution in [2.45, 2.75) is 6.42 Å². The molecule has 1 saturated heterocycles. The van der Waals surface area contributed by atoms with Gasteiger partial charge in [-0.05, 0) is 12.6 Å². The summed E-state index contributed by atoms with van der Waals surface area (Å²) in [5, 5.41) is 6.23. The number of morpholine rings is 1. The van der Waals surface area contributed by atoms with E-state index in [1.54, 1.807) is 6.20 Å². The average molecular weight is 256 g/mol. The first kappa shape index (κ1) is 12.1. The molecule has 1 fully saturated rings. The SMILES string of the molecule is O=c1[nH]ncc(C/C=C/N2CCOCC2)c1Cl. The maximum atomic E-state index is 11.2. The number of aromatic nitrogens is 2. The summed E-state index contributed by atoms with van der Waals surface area (Å²) in [6.07, 6.45) is 6.17. The minimum atomic E-state index is -0.344. The lowest BCUT2D eigenvalue weighted by atomic mass is 10.2. The Labute approximate surface area is 104 Å². The summed E-state index contributed by atoms with van der Waals surface area (Å²) in [6.45, 7) is 3.32. The Morgan fingerprint density at radius 1 is 1.53 bits per heavy atom. The van der Waals surface area contributed by atoms with Crippen LogP contribution < -0.4 is 5.56 Å². The molecule has 0 amide bonds. The van der Waals surface area contributed by atoms with E-state index >= 15 is 0 Å². The Kier molecular flexibility index (Phi) is 4.17. The molecular formula is C11H14ClN3O2. The van der Waals surface area contributed by atoms with Crippen LogP contribution in [0.2, 0.25) is 5.02 Å². The van der Waals surface area contributed by atoms with Crippen molar-refractivity contribution in [2.24, 2.45) is 0 Å². The van der Waals surface area contributed by atoms with Gasteiger partial charge in [0, 0.05) is 18.7 Å². The van der Waals surface area contributed by atoms with E-state index in [9.17, 15) is 4.79 Å². The Bertz CT molecular complexity index is 452. The smallest absolute Gasteiger partial charge is 0.283 e. The third-order valence-electron chi connectivity index (χ3n) is 2.57. The van der Waals surface area contributed by atoms with Crippen molar-refractivity contribution >= 4 is 11.6 Å². The number of nitrogens with zero attached hydrogens (tertiary/aromatic N) is 2. The summed E-state index contributed by atoms with van der Waals surface area (Å²) < 4.78 is 5.25. The summed E-state index contributed by atoms with van der Waals surface area (Å²) in [4.78, 5) is 13.4. The molecule has 0 unspecified atom stereocenters. The quantitative estimate of drug-likeness (QED) is 0.869. The number of hydrogen-bond acceptors (Lipinski definition) is 4. The summed E-state index contributed by atoms with van der Waals surface area (Å²) in [6, 6.07) is 0. The standard InChI is InChI=1S/C11H14ClN3O2/c12-10-9(8-13-14-11(10)16)2-1-3-15-4-6-17-7-5-15/h1,3,8H,2,4-7H2,(H,14,16)/b3-1+. The fourth-order valence-corrected chi connectivity index (χ4v) is 1.79. The van der Waals surface area contributed by atoms with E-state index in [1.807, 2.05) is 12.3 Å². The summed E-state index contributed by atoms with van der Waals surface area (Å²) in [5.74, 6) is 0. The number of allylic oxidation sites excluding steroid dienone is 1. The molecule has 17 heavy (non-hydrogen) atoms. The highest BCUT2D eigenvalue weighted by Gasteiger charge is 2.06. The summed E-state index contributed by atoms with van der Waals surface area (Å²) in [7, 11) is 0. The van der Waals surface area contributed by atoms with Crippen molar-refractivity contribution in [1.29, 1.82) is 0 Å². The van der Waals surface area contributed by atoms with Gasteiger partial charge in [0.15, 0.2) is 0 Å². The zero-order chi connectivity index (χ0) is 12.1. The van der Waals surface area contributed by atoms with E-state index in [0.29, 0.717) is 6.42 Å². The highest BCUT2D eigenvalue weighted by molar-refractivity contribution is 6.31. The zero-order valence-electron chi connectivity index (χ0n) is 9.36. The molecule has 0 saturated carbocycles. The number of aromatic amines is 1.